The van der Waals surface area contributed by atoms with Crippen molar-refractivity contribution in [1.29, 1.82) is 0 Å². The van der Waals surface area contributed by atoms with E-state index in [-0.39, 0.29) is 11.5 Å². The Hall–Kier alpha value is -4.92. The first-order valence-corrected chi connectivity index (χ1v) is 15.1. The van der Waals surface area contributed by atoms with Gasteiger partial charge >= 0.3 is 0 Å². The zero-order valence-corrected chi connectivity index (χ0v) is 25.6. The van der Waals surface area contributed by atoms with Crippen LogP contribution in [0.15, 0.2) is 124 Å². The van der Waals surface area contributed by atoms with Crippen molar-refractivity contribution in [2.24, 2.45) is 4.99 Å². The third kappa shape index (κ3) is 6.22. The van der Waals surface area contributed by atoms with Crippen molar-refractivity contribution >= 4 is 40.6 Å². The second kappa shape index (κ2) is 12.8. The normalized spacial score (nSPS) is 14.5. The van der Waals surface area contributed by atoms with Crippen LogP contribution in [0.3, 0.4) is 0 Å². The number of benzene rings is 4. The van der Waals surface area contributed by atoms with Gasteiger partial charge in [-0.1, -0.05) is 77.5 Å². The molecule has 1 aliphatic heterocycles. The van der Waals surface area contributed by atoms with Gasteiger partial charge in [0, 0.05) is 10.7 Å². The lowest BCUT2D eigenvalue weighted by Crippen LogP contribution is -2.40. The average molecular weight is 622 g/mol. The SMILES string of the molecule is COc1cccc([C@H]2C(C(=O)Nc3ccccc3)=C(C)N=c3s/c(=C\c4cccc(OCc5cccc(Cl)c5)c4)c(=O)n32)c1. The summed E-state index contributed by atoms with van der Waals surface area (Å²) in [5, 5.41) is 3.62. The lowest BCUT2D eigenvalue weighted by Gasteiger charge is -2.25. The number of nitrogens with zero attached hydrogens (tertiary/aromatic N) is 2. The van der Waals surface area contributed by atoms with Gasteiger partial charge in [-0.2, -0.15) is 0 Å². The van der Waals surface area contributed by atoms with Crippen molar-refractivity contribution in [3.63, 3.8) is 0 Å². The molecule has 4 aromatic carbocycles. The number of para-hydroxylation sites is 1. The number of carbonyl (C=O) groups is 1. The van der Waals surface area contributed by atoms with E-state index in [9.17, 15) is 9.59 Å². The van der Waals surface area contributed by atoms with E-state index in [2.05, 4.69) is 5.32 Å². The summed E-state index contributed by atoms with van der Waals surface area (Å²) in [5.41, 5.74) is 3.82. The molecule has 1 N–H and O–H groups in total. The van der Waals surface area contributed by atoms with Gasteiger partial charge in [0.15, 0.2) is 4.80 Å². The van der Waals surface area contributed by atoms with Gasteiger partial charge in [-0.15, -0.1) is 0 Å². The van der Waals surface area contributed by atoms with Crippen LogP contribution in [0.25, 0.3) is 6.08 Å². The van der Waals surface area contributed by atoms with Crippen molar-refractivity contribution in [2.75, 3.05) is 12.4 Å². The zero-order valence-electron chi connectivity index (χ0n) is 24.0. The van der Waals surface area contributed by atoms with Crippen LogP contribution in [0.2, 0.25) is 5.02 Å². The molecule has 0 bridgehead atoms. The highest BCUT2D eigenvalue weighted by Gasteiger charge is 2.32. The number of rotatable bonds is 8. The third-order valence-corrected chi connectivity index (χ3v) is 8.38. The molecule has 1 aromatic heterocycles. The number of ether oxygens (including phenoxy) is 2. The second-order valence-electron chi connectivity index (χ2n) is 10.2. The molecule has 0 radical (unpaired) electrons. The Morgan fingerprint density at radius 3 is 2.55 bits per heavy atom. The van der Waals surface area contributed by atoms with Gasteiger partial charge in [0.2, 0.25) is 0 Å². The monoisotopic (exact) mass is 621 g/mol. The van der Waals surface area contributed by atoms with E-state index in [0.29, 0.717) is 49.4 Å². The quantitative estimate of drug-likeness (QED) is 0.227. The number of allylic oxidation sites excluding steroid dienone is 1. The van der Waals surface area contributed by atoms with Gasteiger partial charge in [-0.3, -0.25) is 14.2 Å². The number of methoxy groups -OCH3 is 1. The van der Waals surface area contributed by atoms with E-state index in [1.807, 2.05) is 109 Å². The molecule has 0 aliphatic carbocycles. The molecule has 6 rings (SSSR count). The van der Waals surface area contributed by atoms with Crippen LogP contribution in [0.4, 0.5) is 5.69 Å². The summed E-state index contributed by atoms with van der Waals surface area (Å²) in [6.45, 7) is 2.16. The highest BCUT2D eigenvalue weighted by Crippen LogP contribution is 2.32. The Morgan fingerprint density at radius 2 is 1.75 bits per heavy atom. The maximum absolute atomic E-state index is 14.1. The number of thiazole rings is 1. The first-order valence-electron chi connectivity index (χ1n) is 13.9. The van der Waals surface area contributed by atoms with Gasteiger partial charge in [0.25, 0.3) is 11.5 Å². The molecule has 0 fully saturated rings. The van der Waals surface area contributed by atoms with Gasteiger partial charge in [0.1, 0.15) is 18.1 Å². The number of nitrogens with one attached hydrogen (secondary N) is 1. The van der Waals surface area contributed by atoms with Gasteiger partial charge < -0.3 is 14.8 Å². The first kappa shape index (κ1) is 29.2. The molecule has 0 saturated heterocycles. The summed E-state index contributed by atoms with van der Waals surface area (Å²) < 4.78 is 13.6. The van der Waals surface area contributed by atoms with Crippen LogP contribution in [0, 0.1) is 0 Å². The molecule has 2 heterocycles. The Balaban J connectivity index is 1.39. The van der Waals surface area contributed by atoms with Crippen LogP contribution in [-0.4, -0.2) is 17.6 Å². The molecular weight excluding hydrogens is 594 g/mol. The maximum atomic E-state index is 14.1. The predicted octanol–water partition coefficient (Wildman–Crippen LogP) is 6.11. The first-order chi connectivity index (χ1) is 21.4. The maximum Gasteiger partial charge on any atom is 0.271 e. The molecule has 0 unspecified atom stereocenters. The molecule has 5 aromatic rings. The molecular formula is C35H28ClN3O4S. The molecule has 44 heavy (non-hydrogen) atoms. The number of anilines is 1. The number of halogens is 1. The summed E-state index contributed by atoms with van der Waals surface area (Å²) in [6.07, 6.45) is 1.82. The van der Waals surface area contributed by atoms with Crippen molar-refractivity contribution in [2.45, 2.75) is 19.6 Å². The van der Waals surface area contributed by atoms with Crippen molar-refractivity contribution in [3.05, 3.63) is 156 Å². The Kier molecular flexibility index (Phi) is 8.45. The zero-order chi connectivity index (χ0) is 30.6. The Morgan fingerprint density at radius 1 is 0.977 bits per heavy atom. The molecule has 0 saturated carbocycles. The molecule has 1 aliphatic rings. The van der Waals surface area contributed by atoms with Crippen LogP contribution < -0.4 is 29.7 Å². The summed E-state index contributed by atoms with van der Waals surface area (Å²) in [5.74, 6) is 0.956. The van der Waals surface area contributed by atoms with Crippen LogP contribution >= 0.6 is 22.9 Å². The molecule has 220 valence electrons. The van der Waals surface area contributed by atoms with Crippen molar-refractivity contribution < 1.29 is 14.3 Å². The minimum absolute atomic E-state index is 0.246. The van der Waals surface area contributed by atoms with E-state index in [4.69, 9.17) is 26.1 Å². The Bertz CT molecular complexity index is 2070. The van der Waals surface area contributed by atoms with Crippen LogP contribution in [-0.2, 0) is 11.4 Å². The predicted molar refractivity (Wildman–Crippen MR) is 174 cm³/mol. The van der Waals surface area contributed by atoms with Crippen LogP contribution in [0.5, 0.6) is 11.5 Å². The average Bonchev–Trinajstić information content (AvgIpc) is 3.33. The number of hydrogen-bond acceptors (Lipinski definition) is 6. The van der Waals surface area contributed by atoms with E-state index in [1.165, 1.54) is 11.3 Å². The fourth-order valence-electron chi connectivity index (χ4n) is 5.10. The fraction of sp³-hybridized carbons (Fsp3) is 0.114. The summed E-state index contributed by atoms with van der Waals surface area (Å²) in [7, 11) is 1.58. The van der Waals surface area contributed by atoms with Gasteiger partial charge in [-0.25, -0.2) is 4.99 Å². The van der Waals surface area contributed by atoms with E-state index in [0.717, 1.165) is 16.7 Å². The topological polar surface area (TPSA) is 81.9 Å². The lowest BCUT2D eigenvalue weighted by molar-refractivity contribution is -0.113. The number of fused-ring (bicyclic) bond motifs is 1. The van der Waals surface area contributed by atoms with Crippen molar-refractivity contribution in [1.82, 2.24) is 4.57 Å². The second-order valence-corrected chi connectivity index (χ2v) is 11.6. The molecule has 1 amide bonds. The van der Waals surface area contributed by atoms with Gasteiger partial charge in [-0.05, 0) is 78.2 Å². The summed E-state index contributed by atoms with van der Waals surface area (Å²) in [6, 6.07) is 31.0. The van der Waals surface area contributed by atoms with Crippen LogP contribution in [0.1, 0.15) is 29.7 Å². The summed E-state index contributed by atoms with van der Waals surface area (Å²) in [4.78, 5) is 33.1. The van der Waals surface area contributed by atoms with E-state index < -0.39 is 6.04 Å². The lowest BCUT2D eigenvalue weighted by atomic mass is 9.95. The number of amides is 1. The Labute approximate surface area is 263 Å². The number of hydrogen-bond donors (Lipinski definition) is 1. The highest BCUT2D eigenvalue weighted by atomic mass is 35.5. The molecule has 7 nitrogen and oxygen atoms in total. The van der Waals surface area contributed by atoms with Crippen molar-refractivity contribution in [3.8, 4) is 11.5 Å². The van der Waals surface area contributed by atoms with Gasteiger partial charge in [0.05, 0.1) is 29.0 Å². The smallest absolute Gasteiger partial charge is 0.271 e. The van der Waals surface area contributed by atoms with E-state index >= 15 is 0 Å². The van der Waals surface area contributed by atoms with E-state index in [1.54, 1.807) is 18.6 Å². The molecule has 1 atom stereocenters. The number of aromatic nitrogens is 1. The minimum Gasteiger partial charge on any atom is -0.497 e. The fourth-order valence-corrected chi connectivity index (χ4v) is 6.36. The molecule has 9 heteroatoms. The molecule has 0 spiro atoms. The third-order valence-electron chi connectivity index (χ3n) is 7.16. The largest absolute Gasteiger partial charge is 0.497 e. The number of carbonyl (C=O) groups excluding carboxylic acids is 1. The minimum atomic E-state index is -0.709. The standard InChI is InChI=1S/C35H28ClN3O4S/c1-22-31(33(40)38-27-13-4-3-5-14-27)32(25-11-8-15-28(20-25)42-2)39-34(41)30(44-35(39)37-22)19-23-9-7-16-29(18-23)43-21-24-10-6-12-26(36)17-24/h3-20,32H,21H2,1-2H3,(H,38,40)/b30-19-/t32-/m0/s1. The highest BCUT2D eigenvalue weighted by molar-refractivity contribution is 7.07. The summed E-state index contributed by atoms with van der Waals surface area (Å²) >= 11 is 7.39.